The van der Waals surface area contributed by atoms with Crippen molar-refractivity contribution in [3.63, 3.8) is 0 Å². The molecule has 0 fully saturated rings. The van der Waals surface area contributed by atoms with Crippen LogP contribution in [0.1, 0.15) is 23.7 Å². The molecule has 2 aromatic heterocycles. The molecule has 2 N–H and O–H groups in total. The summed E-state index contributed by atoms with van der Waals surface area (Å²) < 4.78 is 6.21. The molecule has 2 heterocycles. The van der Waals surface area contributed by atoms with Gasteiger partial charge in [-0.25, -0.2) is 4.98 Å². The summed E-state index contributed by atoms with van der Waals surface area (Å²) in [5.74, 6) is -0.652. The van der Waals surface area contributed by atoms with Gasteiger partial charge in [-0.15, -0.1) is 0 Å². The normalized spacial score (nSPS) is 12.7. The van der Waals surface area contributed by atoms with Gasteiger partial charge in [-0.05, 0) is 22.0 Å². The van der Waals surface area contributed by atoms with Crippen molar-refractivity contribution < 1.29 is 14.3 Å². The van der Waals surface area contributed by atoms with Gasteiger partial charge >= 0.3 is 5.97 Å². The SMILES string of the molecule is O=C(O)CC(c1ncc(Br)[nH]1)c1coc2ccccc12. The number of aromatic nitrogens is 2. The average molecular weight is 335 g/mol. The lowest BCUT2D eigenvalue weighted by atomic mass is 9.94. The van der Waals surface area contributed by atoms with Crippen molar-refractivity contribution in [2.45, 2.75) is 12.3 Å². The lowest BCUT2D eigenvalue weighted by molar-refractivity contribution is -0.137. The maximum atomic E-state index is 11.1. The highest BCUT2D eigenvalue weighted by atomic mass is 79.9. The quantitative estimate of drug-likeness (QED) is 0.764. The second kappa shape index (κ2) is 5.13. The number of hydrogen-bond acceptors (Lipinski definition) is 3. The molecule has 20 heavy (non-hydrogen) atoms. The van der Waals surface area contributed by atoms with E-state index in [1.807, 2.05) is 24.3 Å². The molecule has 6 heteroatoms. The van der Waals surface area contributed by atoms with Crippen molar-refractivity contribution in [2.75, 3.05) is 0 Å². The van der Waals surface area contributed by atoms with Gasteiger partial charge in [0, 0.05) is 10.9 Å². The molecule has 0 spiro atoms. The molecule has 0 aliphatic heterocycles. The average Bonchev–Trinajstić information content (AvgIpc) is 3.02. The number of nitrogens with zero attached hydrogens (tertiary/aromatic N) is 1. The van der Waals surface area contributed by atoms with E-state index in [1.165, 1.54) is 0 Å². The molecular formula is C14H11BrN2O3. The topological polar surface area (TPSA) is 79.1 Å². The molecule has 0 aliphatic rings. The van der Waals surface area contributed by atoms with Crippen molar-refractivity contribution in [2.24, 2.45) is 0 Å². The second-order valence-electron chi connectivity index (χ2n) is 4.45. The first-order valence-electron chi connectivity index (χ1n) is 6.03. The molecule has 1 atom stereocenters. The predicted octanol–water partition coefficient (Wildman–Crippen LogP) is 3.53. The number of furan rings is 1. The Bertz CT molecular complexity index is 762. The second-order valence-corrected chi connectivity index (χ2v) is 5.31. The van der Waals surface area contributed by atoms with E-state index in [0.29, 0.717) is 5.82 Å². The van der Waals surface area contributed by atoms with E-state index in [4.69, 9.17) is 9.52 Å². The molecule has 102 valence electrons. The lowest BCUT2D eigenvalue weighted by Gasteiger charge is -2.10. The first-order valence-corrected chi connectivity index (χ1v) is 6.83. The maximum absolute atomic E-state index is 11.1. The molecule has 1 aromatic carbocycles. The van der Waals surface area contributed by atoms with Crippen LogP contribution in [-0.4, -0.2) is 21.0 Å². The molecule has 3 aromatic rings. The number of benzene rings is 1. The number of nitrogens with one attached hydrogen (secondary N) is 1. The summed E-state index contributed by atoms with van der Waals surface area (Å²) in [5.41, 5.74) is 1.56. The van der Waals surface area contributed by atoms with Gasteiger partial charge < -0.3 is 14.5 Å². The summed E-state index contributed by atoms with van der Waals surface area (Å²) in [6, 6.07) is 7.55. The number of fused-ring (bicyclic) bond motifs is 1. The van der Waals surface area contributed by atoms with Gasteiger partial charge in [0.2, 0.25) is 0 Å². The smallest absolute Gasteiger partial charge is 0.304 e. The fraction of sp³-hybridized carbons (Fsp3) is 0.143. The molecule has 0 radical (unpaired) electrons. The largest absolute Gasteiger partial charge is 0.481 e. The van der Waals surface area contributed by atoms with E-state index >= 15 is 0 Å². The van der Waals surface area contributed by atoms with E-state index in [-0.39, 0.29) is 12.3 Å². The number of aliphatic carboxylic acids is 1. The highest BCUT2D eigenvalue weighted by Crippen LogP contribution is 2.33. The molecular weight excluding hydrogens is 324 g/mol. The standard InChI is InChI=1S/C14H11BrN2O3/c15-12-6-16-14(17-12)9(5-13(18)19)10-7-20-11-4-2-1-3-8(10)11/h1-4,6-7,9H,5H2,(H,16,17)(H,18,19). The molecule has 0 saturated heterocycles. The Hall–Kier alpha value is -2.08. The van der Waals surface area contributed by atoms with Gasteiger partial charge in [-0.1, -0.05) is 18.2 Å². The highest BCUT2D eigenvalue weighted by molar-refractivity contribution is 9.10. The molecule has 1 unspecified atom stereocenters. The lowest BCUT2D eigenvalue weighted by Crippen LogP contribution is -2.09. The van der Waals surface area contributed by atoms with Gasteiger partial charge in [0.15, 0.2) is 0 Å². The molecule has 0 bridgehead atoms. The van der Waals surface area contributed by atoms with Gasteiger partial charge in [-0.3, -0.25) is 4.79 Å². The Kier molecular flexibility index (Phi) is 3.31. The first-order chi connectivity index (χ1) is 9.65. The third kappa shape index (κ3) is 2.34. The number of aromatic amines is 1. The van der Waals surface area contributed by atoms with Gasteiger partial charge in [0.05, 0.1) is 24.8 Å². The van der Waals surface area contributed by atoms with Crippen LogP contribution in [0.5, 0.6) is 0 Å². The van der Waals surface area contributed by atoms with Crippen molar-refractivity contribution >= 4 is 32.9 Å². The zero-order chi connectivity index (χ0) is 14.1. The van der Waals surface area contributed by atoms with Crippen LogP contribution in [0.2, 0.25) is 0 Å². The van der Waals surface area contributed by atoms with Crippen molar-refractivity contribution in [3.8, 4) is 0 Å². The molecule has 0 amide bonds. The Morgan fingerprint density at radius 3 is 2.95 bits per heavy atom. The van der Waals surface area contributed by atoms with Crippen LogP contribution in [-0.2, 0) is 4.79 Å². The van der Waals surface area contributed by atoms with Gasteiger partial charge in [0.25, 0.3) is 0 Å². The fourth-order valence-electron chi connectivity index (χ4n) is 2.29. The number of carboxylic acid groups (broad SMARTS) is 1. The molecule has 5 nitrogen and oxygen atoms in total. The molecule has 3 rings (SSSR count). The van der Waals surface area contributed by atoms with Crippen molar-refractivity contribution in [1.82, 2.24) is 9.97 Å². The van der Waals surface area contributed by atoms with Crippen LogP contribution in [0.25, 0.3) is 11.0 Å². The van der Waals surface area contributed by atoms with Gasteiger partial charge in [0.1, 0.15) is 16.0 Å². The minimum Gasteiger partial charge on any atom is -0.481 e. The summed E-state index contributed by atoms with van der Waals surface area (Å²) in [5, 5.41) is 10.0. The van der Waals surface area contributed by atoms with E-state index in [9.17, 15) is 4.79 Å². The number of H-pyrrole nitrogens is 1. The molecule has 0 aliphatic carbocycles. The van der Waals surface area contributed by atoms with E-state index in [0.717, 1.165) is 21.1 Å². The van der Waals surface area contributed by atoms with Crippen LogP contribution in [0.15, 0.2) is 45.7 Å². The number of para-hydroxylation sites is 1. The monoisotopic (exact) mass is 334 g/mol. The Morgan fingerprint density at radius 1 is 1.45 bits per heavy atom. The number of carbonyl (C=O) groups is 1. The van der Waals surface area contributed by atoms with Crippen molar-refractivity contribution in [1.29, 1.82) is 0 Å². The zero-order valence-electron chi connectivity index (χ0n) is 10.3. The van der Waals surface area contributed by atoms with Crippen LogP contribution < -0.4 is 0 Å². The summed E-state index contributed by atoms with van der Waals surface area (Å²) in [4.78, 5) is 18.4. The van der Waals surface area contributed by atoms with Crippen LogP contribution >= 0.6 is 15.9 Å². The number of carboxylic acids is 1. The summed E-state index contributed by atoms with van der Waals surface area (Å²) in [7, 11) is 0. The minimum atomic E-state index is -0.882. The van der Waals surface area contributed by atoms with Crippen LogP contribution in [0.4, 0.5) is 0 Å². The van der Waals surface area contributed by atoms with Crippen molar-refractivity contribution in [3.05, 3.63) is 52.7 Å². The fourth-order valence-corrected chi connectivity index (χ4v) is 2.59. The third-order valence-corrected chi connectivity index (χ3v) is 3.56. The Labute approximate surface area is 122 Å². The van der Waals surface area contributed by atoms with Crippen LogP contribution in [0, 0.1) is 0 Å². The summed E-state index contributed by atoms with van der Waals surface area (Å²) >= 11 is 3.29. The number of halogens is 1. The Balaban J connectivity index is 2.11. The maximum Gasteiger partial charge on any atom is 0.304 e. The van der Waals surface area contributed by atoms with E-state index in [2.05, 4.69) is 25.9 Å². The number of rotatable bonds is 4. The number of imidazole rings is 1. The summed E-state index contributed by atoms with van der Waals surface area (Å²) in [6.07, 6.45) is 3.17. The molecule has 0 saturated carbocycles. The third-order valence-electron chi connectivity index (χ3n) is 3.16. The minimum absolute atomic E-state index is 0.0521. The Morgan fingerprint density at radius 2 is 2.25 bits per heavy atom. The zero-order valence-corrected chi connectivity index (χ0v) is 11.9. The van der Waals surface area contributed by atoms with E-state index in [1.54, 1.807) is 12.5 Å². The highest BCUT2D eigenvalue weighted by Gasteiger charge is 2.24. The van der Waals surface area contributed by atoms with E-state index < -0.39 is 5.97 Å². The first kappa shape index (κ1) is 12.9. The predicted molar refractivity (Wildman–Crippen MR) is 76.6 cm³/mol. The van der Waals surface area contributed by atoms with Crippen LogP contribution in [0.3, 0.4) is 0 Å². The number of hydrogen-bond donors (Lipinski definition) is 2. The van der Waals surface area contributed by atoms with Gasteiger partial charge in [-0.2, -0.15) is 0 Å². The summed E-state index contributed by atoms with van der Waals surface area (Å²) in [6.45, 7) is 0.